The monoisotopic (exact) mass is 298 g/mol. The molecule has 0 spiro atoms. The Morgan fingerprint density at radius 3 is 3.00 bits per heavy atom. The quantitative estimate of drug-likeness (QED) is 0.863. The number of fused-ring (bicyclic) bond motifs is 1. The van der Waals surface area contributed by atoms with Gasteiger partial charge in [-0.3, -0.25) is 9.59 Å². The second kappa shape index (κ2) is 5.13. The number of hydrogen-bond acceptors (Lipinski definition) is 3. The zero-order valence-electron chi connectivity index (χ0n) is 10.4. The third kappa shape index (κ3) is 2.62. The lowest BCUT2D eigenvalue weighted by Gasteiger charge is -2.41. The number of carbonyl (C=O) groups is 2. The number of hydrogen-bond donors (Lipinski definition) is 1. The van der Waals surface area contributed by atoms with Crippen molar-refractivity contribution in [2.45, 2.75) is 25.3 Å². The molecule has 4 nitrogen and oxygen atoms in total. The minimum Gasteiger partial charge on any atom is -0.353 e. The second-order valence-electron chi connectivity index (χ2n) is 5.12. The molecule has 19 heavy (non-hydrogen) atoms. The SMILES string of the molecule is O=C1CCC2CN(C(=O)c3ccc(Cl)s3)CCC2N1. The van der Waals surface area contributed by atoms with E-state index in [1.165, 1.54) is 11.3 Å². The van der Waals surface area contributed by atoms with E-state index < -0.39 is 0 Å². The molecule has 0 saturated carbocycles. The van der Waals surface area contributed by atoms with Crippen LogP contribution in [0.1, 0.15) is 28.9 Å². The Hall–Kier alpha value is -1.07. The van der Waals surface area contributed by atoms with Crippen LogP contribution >= 0.6 is 22.9 Å². The predicted octanol–water partition coefficient (Wildman–Crippen LogP) is 2.14. The largest absolute Gasteiger partial charge is 0.353 e. The van der Waals surface area contributed by atoms with Gasteiger partial charge in [-0.2, -0.15) is 0 Å². The molecule has 0 bridgehead atoms. The molecular weight excluding hydrogens is 284 g/mol. The van der Waals surface area contributed by atoms with Crippen LogP contribution in [0.5, 0.6) is 0 Å². The maximum atomic E-state index is 12.3. The molecule has 0 aromatic carbocycles. The number of amides is 2. The third-order valence-corrected chi connectivity index (χ3v) is 5.11. The molecule has 2 atom stereocenters. The maximum absolute atomic E-state index is 12.3. The summed E-state index contributed by atoms with van der Waals surface area (Å²) in [6.07, 6.45) is 2.31. The summed E-state index contributed by atoms with van der Waals surface area (Å²) in [4.78, 5) is 26.3. The van der Waals surface area contributed by atoms with Crippen molar-refractivity contribution in [2.24, 2.45) is 5.92 Å². The van der Waals surface area contributed by atoms with Crippen LogP contribution < -0.4 is 5.32 Å². The van der Waals surface area contributed by atoms with Crippen LogP contribution in [0, 0.1) is 5.92 Å². The number of nitrogens with one attached hydrogen (secondary N) is 1. The van der Waals surface area contributed by atoms with E-state index in [0.717, 1.165) is 19.4 Å². The first-order chi connectivity index (χ1) is 9.13. The normalized spacial score (nSPS) is 26.8. The van der Waals surface area contributed by atoms with Gasteiger partial charge >= 0.3 is 0 Å². The van der Waals surface area contributed by atoms with Gasteiger partial charge in [-0.1, -0.05) is 11.6 Å². The average molecular weight is 299 g/mol. The molecule has 2 amide bonds. The van der Waals surface area contributed by atoms with Crippen molar-refractivity contribution in [1.82, 2.24) is 10.2 Å². The van der Waals surface area contributed by atoms with E-state index in [4.69, 9.17) is 11.6 Å². The van der Waals surface area contributed by atoms with E-state index in [1.54, 1.807) is 12.1 Å². The van der Waals surface area contributed by atoms with E-state index in [0.29, 0.717) is 28.1 Å². The van der Waals surface area contributed by atoms with E-state index in [1.807, 2.05) is 4.90 Å². The summed E-state index contributed by atoms with van der Waals surface area (Å²) in [6, 6.07) is 3.79. The first kappa shape index (κ1) is 12.9. The molecule has 1 aromatic heterocycles. The van der Waals surface area contributed by atoms with Gasteiger partial charge in [0.05, 0.1) is 9.21 Å². The van der Waals surface area contributed by atoms with Crippen molar-refractivity contribution in [1.29, 1.82) is 0 Å². The van der Waals surface area contributed by atoms with E-state index >= 15 is 0 Å². The highest BCUT2D eigenvalue weighted by atomic mass is 35.5. The van der Waals surface area contributed by atoms with Crippen LogP contribution in [0.2, 0.25) is 4.34 Å². The Kier molecular flexibility index (Phi) is 3.50. The summed E-state index contributed by atoms with van der Waals surface area (Å²) >= 11 is 7.19. The van der Waals surface area contributed by atoms with Crippen LogP contribution in [0.25, 0.3) is 0 Å². The smallest absolute Gasteiger partial charge is 0.263 e. The zero-order chi connectivity index (χ0) is 13.4. The highest BCUT2D eigenvalue weighted by molar-refractivity contribution is 7.17. The van der Waals surface area contributed by atoms with Crippen LogP contribution in [0.15, 0.2) is 12.1 Å². The maximum Gasteiger partial charge on any atom is 0.263 e. The van der Waals surface area contributed by atoms with Crippen LogP contribution in [0.4, 0.5) is 0 Å². The van der Waals surface area contributed by atoms with Gasteiger partial charge in [0.1, 0.15) is 0 Å². The van der Waals surface area contributed by atoms with Crippen LogP contribution in [-0.4, -0.2) is 35.8 Å². The van der Waals surface area contributed by atoms with Crippen molar-refractivity contribution in [3.8, 4) is 0 Å². The topological polar surface area (TPSA) is 49.4 Å². The minimum atomic E-state index is 0.0623. The van der Waals surface area contributed by atoms with E-state index in [2.05, 4.69) is 5.32 Å². The molecule has 1 aromatic rings. The molecule has 2 fully saturated rings. The van der Waals surface area contributed by atoms with Gasteiger partial charge in [0.2, 0.25) is 5.91 Å². The first-order valence-electron chi connectivity index (χ1n) is 6.47. The number of carbonyl (C=O) groups excluding carboxylic acids is 2. The zero-order valence-corrected chi connectivity index (χ0v) is 12.0. The van der Waals surface area contributed by atoms with E-state index in [-0.39, 0.29) is 17.9 Å². The summed E-state index contributed by atoms with van der Waals surface area (Å²) in [5, 5.41) is 3.03. The molecular formula is C13H15ClN2O2S. The number of likely N-dealkylation sites (tertiary alicyclic amines) is 1. The van der Waals surface area contributed by atoms with Gasteiger partial charge in [0.15, 0.2) is 0 Å². The van der Waals surface area contributed by atoms with Gasteiger partial charge in [-0.25, -0.2) is 0 Å². The van der Waals surface area contributed by atoms with Crippen molar-refractivity contribution in [3.05, 3.63) is 21.3 Å². The van der Waals surface area contributed by atoms with Gasteiger partial charge in [0.25, 0.3) is 5.91 Å². The minimum absolute atomic E-state index is 0.0623. The van der Waals surface area contributed by atoms with E-state index in [9.17, 15) is 9.59 Å². The number of halogens is 1. The lowest BCUT2D eigenvalue weighted by molar-refractivity contribution is -0.125. The number of piperidine rings is 2. The molecule has 2 aliphatic rings. The molecule has 0 radical (unpaired) electrons. The number of rotatable bonds is 1. The molecule has 3 rings (SSSR count). The van der Waals surface area contributed by atoms with Gasteiger partial charge in [-0.05, 0) is 30.9 Å². The van der Waals surface area contributed by atoms with Gasteiger partial charge in [-0.15, -0.1) is 11.3 Å². The summed E-state index contributed by atoms with van der Waals surface area (Å²) in [6.45, 7) is 1.44. The van der Waals surface area contributed by atoms with Crippen LogP contribution in [0.3, 0.4) is 0 Å². The fourth-order valence-electron chi connectivity index (χ4n) is 2.88. The van der Waals surface area contributed by atoms with Crippen molar-refractivity contribution in [3.63, 3.8) is 0 Å². The molecule has 1 N–H and O–H groups in total. The Labute approximate surface area is 120 Å². The predicted molar refractivity (Wildman–Crippen MR) is 74.5 cm³/mol. The van der Waals surface area contributed by atoms with Crippen LogP contribution in [-0.2, 0) is 4.79 Å². The summed E-state index contributed by atoms with van der Waals surface area (Å²) in [7, 11) is 0. The summed E-state index contributed by atoms with van der Waals surface area (Å²) < 4.78 is 0.642. The summed E-state index contributed by atoms with van der Waals surface area (Å²) in [5.41, 5.74) is 0. The highest BCUT2D eigenvalue weighted by Gasteiger charge is 2.35. The van der Waals surface area contributed by atoms with Gasteiger partial charge in [0, 0.05) is 25.6 Å². The molecule has 0 aliphatic carbocycles. The fraction of sp³-hybridized carbons (Fsp3) is 0.538. The van der Waals surface area contributed by atoms with Crippen molar-refractivity contribution >= 4 is 34.8 Å². The lowest BCUT2D eigenvalue weighted by atomic mass is 9.85. The number of thiophene rings is 1. The molecule has 2 unspecified atom stereocenters. The highest BCUT2D eigenvalue weighted by Crippen LogP contribution is 2.28. The molecule has 102 valence electrons. The molecule has 3 heterocycles. The van der Waals surface area contributed by atoms with Gasteiger partial charge < -0.3 is 10.2 Å². The average Bonchev–Trinajstić information content (AvgIpc) is 2.84. The Bertz CT molecular complexity index is 516. The Morgan fingerprint density at radius 2 is 2.26 bits per heavy atom. The van der Waals surface area contributed by atoms with Crippen molar-refractivity contribution < 1.29 is 9.59 Å². The Morgan fingerprint density at radius 1 is 1.42 bits per heavy atom. The van der Waals surface area contributed by atoms with Crippen molar-refractivity contribution in [2.75, 3.05) is 13.1 Å². The summed E-state index contributed by atoms with van der Waals surface area (Å²) in [5.74, 6) is 0.601. The standard InChI is InChI=1S/C13H15ClN2O2S/c14-11-3-2-10(19-11)13(18)16-6-5-9-8(7-16)1-4-12(17)15-9/h2-3,8-9H,1,4-7H2,(H,15,17). The Balaban J connectivity index is 1.68. The third-order valence-electron chi connectivity index (χ3n) is 3.89. The lowest BCUT2D eigenvalue weighted by Crippen LogP contribution is -2.55. The first-order valence-corrected chi connectivity index (χ1v) is 7.67. The second-order valence-corrected chi connectivity index (χ2v) is 6.83. The molecule has 2 aliphatic heterocycles. The number of nitrogens with zero attached hydrogens (tertiary/aromatic N) is 1. The fourth-order valence-corrected chi connectivity index (χ4v) is 3.89. The molecule has 2 saturated heterocycles. The molecule has 6 heteroatoms.